The van der Waals surface area contributed by atoms with Crippen molar-refractivity contribution in [1.29, 1.82) is 0 Å². The molecule has 3 nitrogen and oxygen atoms in total. The molecule has 0 saturated carbocycles. The van der Waals surface area contributed by atoms with E-state index < -0.39 is 6.80 Å². The molecule has 124 valence electrons. The molecule has 0 unspecified atom stereocenters. The second kappa shape index (κ2) is 8.24. The van der Waals surface area contributed by atoms with Crippen LogP contribution < -0.4 is 9.05 Å². The summed E-state index contributed by atoms with van der Waals surface area (Å²) in [4.78, 5) is 0. The van der Waals surface area contributed by atoms with Gasteiger partial charge in [0, 0.05) is 15.8 Å². The first-order valence-corrected chi connectivity index (χ1v) is 11.0. The van der Waals surface area contributed by atoms with E-state index in [1.807, 2.05) is 6.92 Å². The minimum absolute atomic E-state index is 0.213. The van der Waals surface area contributed by atoms with Gasteiger partial charge >= 0.3 is 6.80 Å². The summed E-state index contributed by atoms with van der Waals surface area (Å²) in [6.45, 7) is -1.76. The minimum Gasteiger partial charge on any atom is -0.407 e. The van der Waals surface area contributed by atoms with Crippen LogP contribution in [0.2, 0.25) is 20.1 Å². The molecule has 0 aliphatic heterocycles. The highest BCUT2D eigenvalue weighted by molar-refractivity contribution is 8.55. The Balaban J connectivity index is 2.29. The Hall–Kier alpha value is -0.220. The fourth-order valence-corrected chi connectivity index (χ4v) is 5.58. The third-order valence-corrected chi connectivity index (χ3v) is 7.14. The lowest BCUT2D eigenvalue weighted by Crippen LogP contribution is -1.99. The molecule has 0 aliphatic rings. The van der Waals surface area contributed by atoms with Gasteiger partial charge in [-0.2, -0.15) is 0 Å². The largest absolute Gasteiger partial charge is 0.492 e. The SMILES string of the molecule is CCSP(=O)(Oc1ccc(Cl)cc1Cl)Oc1ccc(Cl)cc1Cl. The number of hydrogen-bond acceptors (Lipinski definition) is 4. The molecule has 0 saturated heterocycles. The van der Waals surface area contributed by atoms with Crippen LogP contribution in [0.1, 0.15) is 6.92 Å². The van der Waals surface area contributed by atoms with E-state index in [1.165, 1.54) is 24.3 Å². The molecule has 0 bridgehead atoms. The molecule has 0 amide bonds. The highest BCUT2D eigenvalue weighted by atomic mass is 35.5. The van der Waals surface area contributed by atoms with Crippen molar-refractivity contribution in [3.05, 3.63) is 56.5 Å². The predicted molar refractivity (Wildman–Crippen MR) is 99.9 cm³/mol. The van der Waals surface area contributed by atoms with Gasteiger partial charge in [0.1, 0.15) is 11.5 Å². The Morgan fingerprint density at radius 2 is 1.35 bits per heavy atom. The Kier molecular flexibility index (Phi) is 6.85. The summed E-state index contributed by atoms with van der Waals surface area (Å²) < 4.78 is 24.0. The number of rotatable bonds is 6. The smallest absolute Gasteiger partial charge is 0.407 e. The maximum atomic E-state index is 13.0. The van der Waals surface area contributed by atoms with E-state index in [9.17, 15) is 4.57 Å². The maximum absolute atomic E-state index is 13.0. The van der Waals surface area contributed by atoms with E-state index in [2.05, 4.69) is 0 Å². The monoisotopic (exact) mass is 430 g/mol. The van der Waals surface area contributed by atoms with Crippen molar-refractivity contribution >= 4 is 64.6 Å². The van der Waals surface area contributed by atoms with Gasteiger partial charge < -0.3 is 9.05 Å². The molecule has 2 aromatic rings. The molecule has 0 spiro atoms. The van der Waals surface area contributed by atoms with Crippen molar-refractivity contribution in [3.8, 4) is 11.5 Å². The maximum Gasteiger partial charge on any atom is 0.492 e. The zero-order valence-corrected chi connectivity index (χ0v) is 16.5. The molecule has 0 fully saturated rings. The zero-order chi connectivity index (χ0) is 17.0. The van der Waals surface area contributed by atoms with Crippen molar-refractivity contribution in [1.82, 2.24) is 0 Å². The molecule has 2 rings (SSSR count). The van der Waals surface area contributed by atoms with Crippen molar-refractivity contribution in [2.24, 2.45) is 0 Å². The van der Waals surface area contributed by atoms with Crippen molar-refractivity contribution in [2.45, 2.75) is 6.92 Å². The molecule has 9 heteroatoms. The minimum atomic E-state index is -3.59. The van der Waals surface area contributed by atoms with E-state index in [0.717, 1.165) is 11.4 Å². The van der Waals surface area contributed by atoms with E-state index in [1.54, 1.807) is 12.1 Å². The van der Waals surface area contributed by atoms with Crippen molar-refractivity contribution < 1.29 is 13.6 Å². The molecule has 0 atom stereocenters. The average Bonchev–Trinajstić information content (AvgIpc) is 2.46. The van der Waals surface area contributed by atoms with Crippen LogP contribution in [0.4, 0.5) is 0 Å². The highest BCUT2D eigenvalue weighted by Gasteiger charge is 2.30. The van der Waals surface area contributed by atoms with Crippen LogP contribution in [-0.4, -0.2) is 5.75 Å². The Labute approximate surface area is 158 Å². The summed E-state index contributed by atoms with van der Waals surface area (Å²) in [7, 11) is 0. The van der Waals surface area contributed by atoms with E-state index in [4.69, 9.17) is 55.5 Å². The second-order valence-corrected chi connectivity index (χ2v) is 10.1. The lowest BCUT2D eigenvalue weighted by Gasteiger charge is -2.19. The Bertz CT molecular complexity index is 699. The molecule has 0 aliphatic carbocycles. The summed E-state index contributed by atoms with van der Waals surface area (Å²) in [6, 6.07) is 9.21. The van der Waals surface area contributed by atoms with E-state index in [0.29, 0.717) is 15.8 Å². The van der Waals surface area contributed by atoms with Gasteiger partial charge in [-0.3, -0.25) is 0 Å². The number of halogens is 4. The fourth-order valence-electron chi connectivity index (χ4n) is 1.57. The predicted octanol–water partition coefficient (Wildman–Crippen LogP) is 7.62. The topological polar surface area (TPSA) is 35.5 Å². The van der Waals surface area contributed by atoms with Gasteiger partial charge in [-0.05, 0) is 47.8 Å². The van der Waals surface area contributed by atoms with Crippen molar-refractivity contribution in [2.75, 3.05) is 5.75 Å². The normalized spacial score (nSPS) is 11.3. The van der Waals surface area contributed by atoms with Gasteiger partial charge in [-0.15, -0.1) is 0 Å². The van der Waals surface area contributed by atoms with Gasteiger partial charge in [0.05, 0.1) is 10.0 Å². The summed E-state index contributed by atoms with van der Waals surface area (Å²) in [5.74, 6) is 0.934. The third kappa shape index (κ3) is 5.38. The summed E-state index contributed by atoms with van der Waals surface area (Å²) in [6.07, 6.45) is 0. The summed E-state index contributed by atoms with van der Waals surface area (Å²) in [5, 5.41) is 1.37. The lowest BCUT2D eigenvalue weighted by molar-refractivity contribution is 0.408. The van der Waals surface area contributed by atoms with E-state index in [-0.39, 0.29) is 21.5 Å². The molecule has 0 aromatic heterocycles. The number of hydrogen-bond donors (Lipinski definition) is 0. The molecule has 0 radical (unpaired) electrons. The quantitative estimate of drug-likeness (QED) is 0.440. The summed E-state index contributed by atoms with van der Waals surface area (Å²) in [5.41, 5.74) is 0. The van der Waals surface area contributed by atoms with Crippen LogP contribution in [0.15, 0.2) is 36.4 Å². The van der Waals surface area contributed by atoms with Crippen LogP contribution in [0.5, 0.6) is 11.5 Å². The van der Waals surface area contributed by atoms with Gasteiger partial charge in [0.25, 0.3) is 0 Å². The van der Waals surface area contributed by atoms with Gasteiger partial charge in [-0.1, -0.05) is 53.3 Å². The first kappa shape index (κ1) is 19.1. The first-order valence-electron chi connectivity index (χ1n) is 6.37. The Morgan fingerprint density at radius 3 is 1.70 bits per heavy atom. The van der Waals surface area contributed by atoms with Gasteiger partial charge in [0.2, 0.25) is 0 Å². The van der Waals surface area contributed by atoms with Crippen LogP contribution in [0, 0.1) is 0 Å². The molecular weight excluding hydrogens is 421 g/mol. The van der Waals surface area contributed by atoms with Crippen LogP contribution in [0.25, 0.3) is 0 Å². The molecular formula is C14H11Cl4O3PS. The standard InChI is InChI=1S/C14H11Cl4O3PS/c1-2-23-22(19,20-13-5-3-9(15)7-11(13)17)21-14-6-4-10(16)8-12(14)18/h3-8H,2H2,1H3. The van der Waals surface area contributed by atoms with Crippen LogP contribution >= 0.6 is 64.6 Å². The molecule has 0 heterocycles. The van der Waals surface area contributed by atoms with E-state index >= 15 is 0 Å². The number of benzene rings is 2. The van der Waals surface area contributed by atoms with Crippen LogP contribution in [-0.2, 0) is 4.57 Å². The molecule has 2 aromatic carbocycles. The lowest BCUT2D eigenvalue weighted by atomic mass is 10.3. The molecule has 23 heavy (non-hydrogen) atoms. The summed E-state index contributed by atoms with van der Waals surface area (Å²) >= 11 is 24.8. The Morgan fingerprint density at radius 1 is 0.913 bits per heavy atom. The average molecular weight is 432 g/mol. The first-order chi connectivity index (χ1) is 10.8. The fraction of sp³-hybridized carbons (Fsp3) is 0.143. The highest BCUT2D eigenvalue weighted by Crippen LogP contribution is 2.61. The van der Waals surface area contributed by atoms with Crippen LogP contribution in [0.3, 0.4) is 0 Å². The van der Waals surface area contributed by atoms with Gasteiger partial charge in [0.15, 0.2) is 0 Å². The second-order valence-electron chi connectivity index (χ2n) is 4.20. The van der Waals surface area contributed by atoms with Gasteiger partial charge in [-0.25, -0.2) is 4.57 Å². The molecule has 0 N–H and O–H groups in total. The van der Waals surface area contributed by atoms with Crippen molar-refractivity contribution in [3.63, 3.8) is 0 Å². The third-order valence-electron chi connectivity index (χ3n) is 2.50. The zero-order valence-electron chi connectivity index (χ0n) is 11.8.